The highest BCUT2D eigenvalue weighted by Gasteiger charge is 2.45. The topological polar surface area (TPSA) is 0 Å². The summed E-state index contributed by atoms with van der Waals surface area (Å²) in [6, 6.07) is 0.293. The molecule has 3 aromatic rings. The minimum atomic E-state index is -5.20. The predicted molar refractivity (Wildman–Crippen MR) is 97.7 cm³/mol. The molecule has 0 spiro atoms. The Morgan fingerprint density at radius 3 is 1.06 bits per heavy atom. The summed E-state index contributed by atoms with van der Waals surface area (Å²) >= 11 is -5.20. The van der Waals surface area contributed by atoms with Gasteiger partial charge < -0.3 is 0 Å². The van der Waals surface area contributed by atoms with Gasteiger partial charge >= 0.3 is 14.1 Å². The van der Waals surface area contributed by atoms with Crippen LogP contribution in [0, 0.1) is 84.8 Å². The molecule has 33 heavy (non-hydrogen) atoms. The van der Waals surface area contributed by atoms with E-state index in [1.165, 1.54) is 0 Å². The number of benzene rings is 3. The predicted octanol–water partition coefficient (Wildman–Crippen LogP) is 4.66. The van der Waals surface area contributed by atoms with Crippen LogP contribution in [0.25, 0.3) is 0 Å². The lowest BCUT2D eigenvalue weighted by Gasteiger charge is -2.21. The van der Waals surface area contributed by atoms with E-state index in [9.17, 15) is 48.3 Å². The average molecular weight is 498 g/mol. The van der Waals surface area contributed by atoms with E-state index in [-0.39, 0.29) is 0 Å². The molecule has 0 aliphatic rings. The summed E-state index contributed by atoms with van der Waals surface area (Å²) in [4.78, 5) is 0. The maximum Gasteiger partial charge on any atom is 0.412 e. The largest absolute Gasteiger partial charge is 0.412 e. The SMILES string of the molecule is Cc1cc(F)[c]([Al]([c]2c(F)c(F)c(C)c(F)c2F)[c]2c(F)c(F)c(C)c(F)c2F)c(F)c1F. The first-order valence-corrected chi connectivity index (χ1v) is 10.8. The van der Waals surface area contributed by atoms with Crippen molar-refractivity contribution in [2.75, 3.05) is 0 Å². The number of halogens is 11. The Kier molecular flexibility index (Phi) is 6.57. The van der Waals surface area contributed by atoms with E-state index in [1.807, 2.05) is 0 Å². The van der Waals surface area contributed by atoms with Crippen molar-refractivity contribution in [3.05, 3.63) is 86.7 Å². The Morgan fingerprint density at radius 2 is 0.727 bits per heavy atom. The van der Waals surface area contributed by atoms with Crippen LogP contribution >= 0.6 is 0 Å². The van der Waals surface area contributed by atoms with Gasteiger partial charge in [0.1, 0.15) is 34.9 Å². The van der Waals surface area contributed by atoms with Crippen LogP contribution in [0.2, 0.25) is 0 Å². The van der Waals surface area contributed by atoms with Gasteiger partial charge in [0.25, 0.3) is 0 Å². The number of hydrogen-bond acceptors (Lipinski definition) is 0. The molecule has 0 heterocycles. The standard InChI is InChI=1S/2C7H3F4.C7H4F3.Al/c2*1-3-6(10)4(8)2-5(9)7(3)11;1-4-2-5(8)3-6(9)7(4)10;/h2*1H3;2H,1H3;. The third-order valence-corrected chi connectivity index (χ3v) is 8.55. The lowest BCUT2D eigenvalue weighted by atomic mass is 10.2. The van der Waals surface area contributed by atoms with Crippen LogP contribution < -0.4 is 13.3 Å². The molecular formula is C21H10AlF11. The van der Waals surface area contributed by atoms with Gasteiger partial charge in [-0.3, -0.25) is 0 Å². The quantitative estimate of drug-likeness (QED) is 0.280. The first kappa shape index (κ1) is 25.1. The molecule has 0 unspecified atom stereocenters. The molecule has 3 aromatic carbocycles. The third kappa shape index (κ3) is 3.69. The van der Waals surface area contributed by atoms with Gasteiger partial charge in [0.15, 0.2) is 29.1 Å². The van der Waals surface area contributed by atoms with Gasteiger partial charge in [0, 0.05) is 11.1 Å². The van der Waals surface area contributed by atoms with Gasteiger partial charge in [0.05, 0.1) is 0 Å². The van der Waals surface area contributed by atoms with Crippen LogP contribution in [-0.2, 0) is 0 Å². The molecule has 0 atom stereocenters. The van der Waals surface area contributed by atoms with Crippen molar-refractivity contribution in [3.8, 4) is 0 Å². The molecule has 0 saturated carbocycles. The van der Waals surface area contributed by atoms with E-state index in [0.29, 0.717) is 19.9 Å². The molecule has 3 rings (SSSR count). The lowest BCUT2D eigenvalue weighted by molar-refractivity contribution is 0.450. The van der Waals surface area contributed by atoms with Crippen LogP contribution in [0.4, 0.5) is 48.3 Å². The maximum absolute atomic E-state index is 14.8. The summed E-state index contributed by atoms with van der Waals surface area (Å²) < 4.78 is 154. The Balaban J connectivity index is 2.64. The van der Waals surface area contributed by atoms with Gasteiger partial charge in [-0.2, -0.15) is 0 Å². The first-order valence-electron chi connectivity index (χ1n) is 9.02. The molecule has 0 bridgehead atoms. The smallest absolute Gasteiger partial charge is 0.208 e. The van der Waals surface area contributed by atoms with Crippen molar-refractivity contribution in [3.63, 3.8) is 0 Å². The average Bonchev–Trinajstić information content (AvgIpc) is 2.77. The summed E-state index contributed by atoms with van der Waals surface area (Å²) in [5.41, 5.74) is -3.12. The second kappa shape index (κ2) is 8.65. The highest BCUT2D eigenvalue weighted by atomic mass is 27.2. The van der Waals surface area contributed by atoms with E-state index in [0.717, 1.165) is 6.92 Å². The summed E-state index contributed by atoms with van der Waals surface area (Å²) in [7, 11) is 0. The van der Waals surface area contributed by atoms with Crippen molar-refractivity contribution in [2.45, 2.75) is 20.8 Å². The first-order chi connectivity index (χ1) is 15.2. The molecule has 0 fully saturated rings. The van der Waals surface area contributed by atoms with Crippen LogP contribution in [-0.4, -0.2) is 14.1 Å². The second-order valence-corrected chi connectivity index (χ2v) is 9.84. The molecule has 0 aliphatic carbocycles. The highest BCUT2D eigenvalue weighted by molar-refractivity contribution is 6.95. The van der Waals surface area contributed by atoms with Gasteiger partial charge in [-0.25, -0.2) is 48.3 Å². The van der Waals surface area contributed by atoms with Crippen LogP contribution in [0.3, 0.4) is 0 Å². The molecule has 0 radical (unpaired) electrons. The van der Waals surface area contributed by atoms with Crippen LogP contribution in [0.1, 0.15) is 16.7 Å². The Hall–Kier alpha value is -2.58. The summed E-state index contributed by atoms with van der Waals surface area (Å²) in [5, 5.41) is 0. The Labute approximate surface area is 183 Å². The molecule has 0 N–H and O–H groups in total. The Bertz CT molecular complexity index is 1190. The van der Waals surface area contributed by atoms with Gasteiger partial charge in [-0.05, 0) is 45.7 Å². The molecule has 0 aliphatic heterocycles. The van der Waals surface area contributed by atoms with Gasteiger partial charge in [-0.15, -0.1) is 0 Å². The van der Waals surface area contributed by atoms with E-state index >= 15 is 0 Å². The minimum Gasteiger partial charge on any atom is -0.208 e. The fourth-order valence-corrected chi connectivity index (χ4v) is 6.57. The highest BCUT2D eigenvalue weighted by Crippen LogP contribution is 2.23. The zero-order valence-corrected chi connectivity index (χ0v) is 18.0. The molecule has 0 amide bonds. The van der Waals surface area contributed by atoms with Crippen molar-refractivity contribution >= 4 is 27.4 Å². The molecule has 0 nitrogen and oxygen atoms in total. The van der Waals surface area contributed by atoms with Crippen molar-refractivity contribution in [2.24, 2.45) is 0 Å². The molecular weight excluding hydrogens is 488 g/mol. The maximum atomic E-state index is 14.8. The number of rotatable bonds is 3. The molecule has 174 valence electrons. The molecule has 12 heteroatoms. The molecule has 0 saturated heterocycles. The van der Waals surface area contributed by atoms with E-state index in [4.69, 9.17) is 0 Å². The van der Waals surface area contributed by atoms with Gasteiger partial charge in [0.2, 0.25) is 0 Å². The fraction of sp³-hybridized carbons (Fsp3) is 0.143. The van der Waals surface area contributed by atoms with E-state index < -0.39 is 108 Å². The normalized spacial score (nSPS) is 11.3. The second-order valence-electron chi connectivity index (χ2n) is 7.24. The van der Waals surface area contributed by atoms with Crippen molar-refractivity contribution in [1.29, 1.82) is 0 Å². The summed E-state index contributed by atoms with van der Waals surface area (Å²) in [6.45, 7) is 2.06. The number of aryl methyl sites for hydroxylation is 1. The van der Waals surface area contributed by atoms with Crippen LogP contribution in [0.15, 0.2) is 6.07 Å². The summed E-state index contributed by atoms with van der Waals surface area (Å²) in [6.07, 6.45) is 0. The molecule has 0 aromatic heterocycles. The zero-order valence-electron chi connectivity index (χ0n) is 16.8. The number of hydrogen-bond donors (Lipinski definition) is 0. The van der Waals surface area contributed by atoms with E-state index in [1.54, 1.807) is 0 Å². The van der Waals surface area contributed by atoms with E-state index in [2.05, 4.69) is 0 Å². The minimum absolute atomic E-state index is 0.293. The Morgan fingerprint density at radius 1 is 0.424 bits per heavy atom. The monoisotopic (exact) mass is 498 g/mol. The third-order valence-electron chi connectivity index (χ3n) is 5.28. The zero-order chi connectivity index (χ0) is 25.1. The van der Waals surface area contributed by atoms with Crippen molar-refractivity contribution < 1.29 is 48.3 Å². The van der Waals surface area contributed by atoms with Crippen molar-refractivity contribution in [1.82, 2.24) is 0 Å². The summed E-state index contributed by atoms with van der Waals surface area (Å²) in [5.74, 6) is -23.3. The lowest BCUT2D eigenvalue weighted by Crippen LogP contribution is -2.60. The van der Waals surface area contributed by atoms with Gasteiger partial charge in [-0.1, -0.05) is 0 Å². The van der Waals surface area contributed by atoms with Crippen LogP contribution in [0.5, 0.6) is 0 Å². The fourth-order valence-electron chi connectivity index (χ4n) is 3.45.